The van der Waals surface area contributed by atoms with E-state index in [1.807, 2.05) is 0 Å². The standard InChI is InChI=1S/C10H19NO/c1-8(2)5-11-6-10-4-3-9(11)7-12-10/h8-10H,3-7H2,1-2H3/t9-,10-/m0/s1. The van der Waals surface area contributed by atoms with Gasteiger partial charge in [-0.15, -0.1) is 0 Å². The van der Waals surface area contributed by atoms with Crippen molar-refractivity contribution in [1.82, 2.24) is 4.90 Å². The summed E-state index contributed by atoms with van der Waals surface area (Å²) in [6.45, 7) is 8.01. The molecule has 3 heterocycles. The zero-order valence-corrected chi connectivity index (χ0v) is 8.12. The molecule has 2 atom stereocenters. The maximum absolute atomic E-state index is 5.65. The second-order valence-corrected chi connectivity index (χ2v) is 4.53. The summed E-state index contributed by atoms with van der Waals surface area (Å²) in [6, 6.07) is 0.734. The van der Waals surface area contributed by atoms with Gasteiger partial charge in [0.2, 0.25) is 0 Å². The van der Waals surface area contributed by atoms with Crippen molar-refractivity contribution >= 4 is 0 Å². The van der Waals surface area contributed by atoms with E-state index in [-0.39, 0.29) is 0 Å². The molecule has 0 radical (unpaired) electrons. The fourth-order valence-electron chi connectivity index (χ4n) is 2.33. The summed E-state index contributed by atoms with van der Waals surface area (Å²) in [5, 5.41) is 0. The first-order chi connectivity index (χ1) is 5.75. The van der Waals surface area contributed by atoms with Gasteiger partial charge in [0.15, 0.2) is 0 Å². The van der Waals surface area contributed by atoms with Crippen molar-refractivity contribution in [3.05, 3.63) is 0 Å². The van der Waals surface area contributed by atoms with E-state index in [4.69, 9.17) is 4.74 Å². The number of ether oxygens (including phenoxy) is 1. The second-order valence-electron chi connectivity index (χ2n) is 4.53. The molecule has 12 heavy (non-hydrogen) atoms. The monoisotopic (exact) mass is 169 g/mol. The maximum Gasteiger partial charge on any atom is 0.0703 e. The molecule has 0 aliphatic carbocycles. The summed E-state index contributed by atoms with van der Waals surface area (Å²) in [6.07, 6.45) is 3.20. The van der Waals surface area contributed by atoms with Gasteiger partial charge in [0.05, 0.1) is 12.7 Å². The van der Waals surface area contributed by atoms with E-state index in [2.05, 4.69) is 18.7 Å². The lowest BCUT2D eigenvalue weighted by Gasteiger charge is -2.45. The molecule has 0 unspecified atom stereocenters. The molecule has 0 amide bonds. The first-order valence-electron chi connectivity index (χ1n) is 5.11. The third kappa shape index (κ3) is 1.64. The van der Waals surface area contributed by atoms with Crippen molar-refractivity contribution < 1.29 is 4.74 Å². The first kappa shape index (κ1) is 8.52. The van der Waals surface area contributed by atoms with Gasteiger partial charge < -0.3 is 4.74 Å². The van der Waals surface area contributed by atoms with Crippen LogP contribution in [-0.2, 0) is 4.74 Å². The molecule has 3 rings (SSSR count). The van der Waals surface area contributed by atoms with E-state index in [0.29, 0.717) is 6.10 Å². The summed E-state index contributed by atoms with van der Waals surface area (Å²) >= 11 is 0. The van der Waals surface area contributed by atoms with Crippen LogP contribution in [0.1, 0.15) is 26.7 Å². The Morgan fingerprint density at radius 3 is 2.67 bits per heavy atom. The van der Waals surface area contributed by atoms with Gasteiger partial charge in [-0.2, -0.15) is 0 Å². The molecule has 0 aromatic rings. The molecule has 3 aliphatic rings. The molecule has 0 saturated carbocycles. The molecule has 0 spiro atoms. The van der Waals surface area contributed by atoms with Crippen molar-refractivity contribution in [2.24, 2.45) is 5.92 Å². The molecule has 2 nitrogen and oxygen atoms in total. The Kier molecular flexibility index (Phi) is 2.37. The highest BCUT2D eigenvalue weighted by molar-refractivity contribution is 4.87. The van der Waals surface area contributed by atoms with E-state index in [1.54, 1.807) is 0 Å². The van der Waals surface area contributed by atoms with Crippen molar-refractivity contribution in [2.75, 3.05) is 19.7 Å². The zero-order chi connectivity index (χ0) is 8.55. The van der Waals surface area contributed by atoms with Gasteiger partial charge in [0, 0.05) is 19.1 Å². The Hall–Kier alpha value is -0.0800. The summed E-state index contributed by atoms with van der Waals surface area (Å²) < 4.78 is 5.65. The number of hydrogen-bond donors (Lipinski definition) is 0. The highest BCUT2D eigenvalue weighted by Crippen LogP contribution is 2.26. The number of nitrogens with zero attached hydrogens (tertiary/aromatic N) is 1. The van der Waals surface area contributed by atoms with Gasteiger partial charge in [-0.1, -0.05) is 13.8 Å². The minimum Gasteiger partial charge on any atom is -0.375 e. The SMILES string of the molecule is CC(C)CN1C[C@@H]2CC[C@H]1CO2. The van der Waals surface area contributed by atoms with E-state index in [1.165, 1.54) is 25.9 Å². The molecule has 2 bridgehead atoms. The number of morpholine rings is 1. The molecule has 0 N–H and O–H groups in total. The Morgan fingerprint density at radius 2 is 2.25 bits per heavy atom. The van der Waals surface area contributed by atoms with Crippen molar-refractivity contribution in [3.63, 3.8) is 0 Å². The normalized spacial score (nSPS) is 36.2. The quantitative estimate of drug-likeness (QED) is 0.621. The van der Waals surface area contributed by atoms with E-state index in [9.17, 15) is 0 Å². The van der Waals surface area contributed by atoms with Crippen molar-refractivity contribution in [2.45, 2.75) is 38.8 Å². The molecule has 3 saturated heterocycles. The van der Waals surface area contributed by atoms with E-state index >= 15 is 0 Å². The van der Waals surface area contributed by atoms with Crippen LogP contribution in [0, 0.1) is 5.92 Å². The molecule has 0 aromatic carbocycles. The third-order valence-electron chi connectivity index (χ3n) is 2.90. The summed E-state index contributed by atoms with van der Waals surface area (Å²) in [5.41, 5.74) is 0. The fourth-order valence-corrected chi connectivity index (χ4v) is 2.33. The lowest BCUT2D eigenvalue weighted by molar-refractivity contribution is -0.108. The highest BCUT2D eigenvalue weighted by Gasteiger charge is 2.34. The molecular weight excluding hydrogens is 150 g/mol. The van der Waals surface area contributed by atoms with Crippen molar-refractivity contribution in [3.8, 4) is 0 Å². The van der Waals surface area contributed by atoms with E-state index in [0.717, 1.165) is 18.6 Å². The van der Waals surface area contributed by atoms with Crippen molar-refractivity contribution in [1.29, 1.82) is 0 Å². The van der Waals surface area contributed by atoms with Crippen LogP contribution in [0.15, 0.2) is 0 Å². The molecule has 0 aromatic heterocycles. The van der Waals surface area contributed by atoms with Gasteiger partial charge >= 0.3 is 0 Å². The van der Waals surface area contributed by atoms with Gasteiger partial charge in [0.1, 0.15) is 0 Å². The fraction of sp³-hybridized carbons (Fsp3) is 1.00. The number of fused-ring (bicyclic) bond motifs is 3. The van der Waals surface area contributed by atoms with Crippen LogP contribution >= 0.6 is 0 Å². The van der Waals surface area contributed by atoms with Crippen LogP contribution in [-0.4, -0.2) is 36.7 Å². The van der Waals surface area contributed by atoms with Crippen LogP contribution < -0.4 is 0 Å². The van der Waals surface area contributed by atoms with Crippen LogP contribution in [0.3, 0.4) is 0 Å². The largest absolute Gasteiger partial charge is 0.375 e. The number of hydrogen-bond acceptors (Lipinski definition) is 2. The topological polar surface area (TPSA) is 12.5 Å². The minimum absolute atomic E-state index is 0.550. The van der Waals surface area contributed by atoms with Gasteiger partial charge in [-0.25, -0.2) is 0 Å². The third-order valence-corrected chi connectivity index (χ3v) is 2.90. The predicted molar refractivity (Wildman–Crippen MR) is 49.2 cm³/mol. The van der Waals surface area contributed by atoms with Gasteiger partial charge in [-0.05, 0) is 18.8 Å². The Balaban J connectivity index is 1.91. The number of rotatable bonds is 2. The Morgan fingerprint density at radius 1 is 1.42 bits per heavy atom. The maximum atomic E-state index is 5.65. The van der Waals surface area contributed by atoms with Crippen LogP contribution in [0.25, 0.3) is 0 Å². The first-order valence-corrected chi connectivity index (χ1v) is 5.11. The smallest absolute Gasteiger partial charge is 0.0703 e. The average Bonchev–Trinajstić information content (AvgIpc) is 2.05. The highest BCUT2D eigenvalue weighted by atomic mass is 16.5. The zero-order valence-electron chi connectivity index (χ0n) is 8.12. The Labute approximate surface area is 74.9 Å². The molecule has 3 fully saturated rings. The van der Waals surface area contributed by atoms with E-state index < -0.39 is 0 Å². The number of piperidine rings is 1. The molecular formula is C10H19NO. The van der Waals surface area contributed by atoms with Gasteiger partial charge in [-0.3, -0.25) is 4.90 Å². The summed E-state index contributed by atoms with van der Waals surface area (Å²) in [5.74, 6) is 0.796. The van der Waals surface area contributed by atoms with Crippen LogP contribution in [0.5, 0.6) is 0 Å². The van der Waals surface area contributed by atoms with Gasteiger partial charge in [0.25, 0.3) is 0 Å². The van der Waals surface area contributed by atoms with Crippen LogP contribution in [0.4, 0.5) is 0 Å². The minimum atomic E-state index is 0.550. The van der Waals surface area contributed by atoms with Crippen LogP contribution in [0.2, 0.25) is 0 Å². The second kappa shape index (κ2) is 3.35. The Bertz CT molecular complexity index is 148. The lowest BCUT2D eigenvalue weighted by atomic mass is 9.96. The predicted octanol–water partition coefficient (Wildman–Crippen LogP) is 1.51. The lowest BCUT2D eigenvalue weighted by Crippen LogP contribution is -2.55. The molecule has 70 valence electrons. The molecule has 2 heteroatoms. The average molecular weight is 169 g/mol. The molecule has 3 aliphatic heterocycles. The summed E-state index contributed by atoms with van der Waals surface area (Å²) in [7, 11) is 0. The summed E-state index contributed by atoms with van der Waals surface area (Å²) in [4.78, 5) is 2.61.